The number of halogens is 1. The van der Waals surface area contributed by atoms with E-state index in [1.54, 1.807) is 24.3 Å². The van der Waals surface area contributed by atoms with E-state index in [-0.39, 0.29) is 57.1 Å². The fourth-order valence-electron chi connectivity index (χ4n) is 6.38. The lowest BCUT2D eigenvalue weighted by molar-refractivity contribution is -0.774. The average Bonchev–Trinajstić information content (AvgIpc) is 3.48. The number of anilines is 1. The van der Waals surface area contributed by atoms with Crippen molar-refractivity contribution in [3.05, 3.63) is 122 Å². The Morgan fingerprint density at radius 2 is 1.49 bits per heavy atom. The van der Waals surface area contributed by atoms with E-state index in [0.29, 0.717) is 33.8 Å². The Labute approximate surface area is 316 Å². The van der Waals surface area contributed by atoms with Gasteiger partial charge in [-0.15, -0.1) is 20.2 Å². The number of para-hydroxylation sites is 1. The Kier molecular flexibility index (Phi) is 15.6. The molecule has 3 aromatic carbocycles. The quantitative estimate of drug-likeness (QED) is 0.0331. The number of aromatic nitrogens is 1. The topological polar surface area (TPSA) is 206 Å². The molecule has 0 radical (unpaired) electrons. The molecule has 4 rings (SSSR count). The normalized spacial score (nSPS) is 12.8. The SMILES string of the molecule is CC(C)c1c(C(=O)Nc2ccccc2)c(-c2ccccc2)c(-c2ccc(F)cc2)n1CC[C@@H](O)C[C@@H](O)CC(=O)OCCCC(CCO[N+](=O)[O-])O[N+](=O)[O-]. The Hall–Kier alpha value is -5.87. The van der Waals surface area contributed by atoms with Crippen LogP contribution in [0, 0.1) is 26.0 Å². The molecule has 0 aliphatic rings. The van der Waals surface area contributed by atoms with E-state index in [9.17, 15) is 44.4 Å². The van der Waals surface area contributed by atoms with E-state index < -0.39 is 53.3 Å². The van der Waals surface area contributed by atoms with E-state index in [4.69, 9.17) is 4.74 Å². The number of amides is 1. The van der Waals surface area contributed by atoms with Crippen molar-refractivity contribution in [1.82, 2.24) is 4.57 Å². The van der Waals surface area contributed by atoms with Crippen LogP contribution in [0.5, 0.6) is 0 Å². The van der Waals surface area contributed by atoms with Crippen LogP contribution < -0.4 is 5.32 Å². The number of hydrogen-bond donors (Lipinski definition) is 3. The molecule has 1 aromatic heterocycles. The number of esters is 1. The molecule has 1 amide bonds. The minimum absolute atomic E-state index is 0.0515. The number of benzene rings is 3. The number of ether oxygens (including phenoxy) is 1. The summed E-state index contributed by atoms with van der Waals surface area (Å²) < 4.78 is 21.3. The summed E-state index contributed by atoms with van der Waals surface area (Å²) in [6, 6.07) is 24.4. The third kappa shape index (κ3) is 12.6. The third-order valence-corrected chi connectivity index (χ3v) is 8.73. The van der Waals surface area contributed by atoms with Gasteiger partial charge >= 0.3 is 5.97 Å². The monoisotopic (exact) mass is 764 g/mol. The highest BCUT2D eigenvalue weighted by Gasteiger charge is 2.31. The number of nitrogens with one attached hydrogen (secondary N) is 1. The van der Waals surface area contributed by atoms with E-state index in [0.717, 1.165) is 5.56 Å². The number of nitrogens with zero attached hydrogens (tertiary/aromatic N) is 3. The fraction of sp³-hybridized carbons (Fsp3) is 0.385. The van der Waals surface area contributed by atoms with Gasteiger partial charge < -0.3 is 34.5 Å². The summed E-state index contributed by atoms with van der Waals surface area (Å²) in [4.78, 5) is 56.4. The number of carbonyl (C=O) groups excluding carboxylic acids is 2. The predicted molar refractivity (Wildman–Crippen MR) is 199 cm³/mol. The van der Waals surface area contributed by atoms with Gasteiger partial charge in [0.25, 0.3) is 16.1 Å². The first kappa shape index (κ1) is 41.9. The van der Waals surface area contributed by atoms with Gasteiger partial charge in [-0.1, -0.05) is 62.4 Å². The summed E-state index contributed by atoms with van der Waals surface area (Å²) in [5.41, 5.74) is 4.44. The Morgan fingerprint density at radius 1 is 0.836 bits per heavy atom. The van der Waals surface area contributed by atoms with Crippen LogP contribution in [0.2, 0.25) is 0 Å². The van der Waals surface area contributed by atoms with Gasteiger partial charge in [0.05, 0.1) is 43.1 Å². The molecule has 3 atom stereocenters. The van der Waals surface area contributed by atoms with E-state index in [1.807, 2.05) is 66.9 Å². The molecule has 0 saturated carbocycles. The van der Waals surface area contributed by atoms with Crippen LogP contribution in [0.3, 0.4) is 0 Å². The van der Waals surface area contributed by atoms with Gasteiger partial charge in [0, 0.05) is 23.5 Å². The van der Waals surface area contributed by atoms with Crippen molar-refractivity contribution in [3.8, 4) is 22.4 Å². The van der Waals surface area contributed by atoms with Gasteiger partial charge in [-0.2, -0.15) is 0 Å². The smallest absolute Gasteiger partial charge is 0.308 e. The zero-order valence-electron chi connectivity index (χ0n) is 30.5. The maximum Gasteiger partial charge on any atom is 0.308 e. The number of aliphatic hydroxyl groups is 2. The van der Waals surface area contributed by atoms with Crippen LogP contribution in [0.1, 0.15) is 74.3 Å². The number of aliphatic hydroxyl groups excluding tert-OH is 2. The Bertz CT molecular complexity index is 1870. The molecule has 0 aliphatic heterocycles. The van der Waals surface area contributed by atoms with Crippen molar-refractivity contribution in [1.29, 1.82) is 0 Å². The van der Waals surface area contributed by atoms with Crippen molar-refractivity contribution >= 4 is 17.6 Å². The van der Waals surface area contributed by atoms with Crippen molar-refractivity contribution in [3.63, 3.8) is 0 Å². The van der Waals surface area contributed by atoms with Gasteiger partial charge in [0.2, 0.25) is 0 Å². The summed E-state index contributed by atoms with van der Waals surface area (Å²) >= 11 is 0. The molecule has 3 N–H and O–H groups in total. The molecule has 15 nitrogen and oxygen atoms in total. The number of carbonyl (C=O) groups is 2. The lowest BCUT2D eigenvalue weighted by Gasteiger charge is -2.20. The van der Waals surface area contributed by atoms with E-state index in [1.165, 1.54) is 12.1 Å². The van der Waals surface area contributed by atoms with Gasteiger partial charge in [0.1, 0.15) is 11.9 Å². The second-order valence-electron chi connectivity index (χ2n) is 13.2. The van der Waals surface area contributed by atoms with Crippen LogP contribution in [-0.4, -0.2) is 68.4 Å². The van der Waals surface area contributed by atoms with Crippen LogP contribution in [-0.2, 0) is 25.8 Å². The van der Waals surface area contributed by atoms with Crippen LogP contribution in [0.15, 0.2) is 84.9 Å². The Balaban J connectivity index is 1.50. The third-order valence-electron chi connectivity index (χ3n) is 8.73. The summed E-state index contributed by atoms with van der Waals surface area (Å²) in [6.45, 7) is 3.57. The minimum Gasteiger partial charge on any atom is -0.466 e. The van der Waals surface area contributed by atoms with Gasteiger partial charge in [-0.3, -0.25) is 9.59 Å². The molecule has 1 heterocycles. The molecule has 4 aromatic rings. The van der Waals surface area contributed by atoms with E-state index >= 15 is 0 Å². The lowest BCUT2D eigenvalue weighted by atomic mass is 9.94. The molecule has 0 saturated heterocycles. The average molecular weight is 765 g/mol. The predicted octanol–water partition coefficient (Wildman–Crippen LogP) is 6.73. The summed E-state index contributed by atoms with van der Waals surface area (Å²) in [5.74, 6) is -1.70. The molecular weight excluding hydrogens is 719 g/mol. The molecule has 0 fully saturated rings. The molecular formula is C39H45FN4O11. The first-order valence-electron chi connectivity index (χ1n) is 17.9. The van der Waals surface area contributed by atoms with Crippen LogP contribution >= 0.6 is 0 Å². The van der Waals surface area contributed by atoms with Gasteiger partial charge in [-0.25, -0.2) is 4.39 Å². The maximum atomic E-state index is 14.2. The molecule has 0 spiro atoms. The summed E-state index contributed by atoms with van der Waals surface area (Å²) in [6.07, 6.45) is -3.74. The van der Waals surface area contributed by atoms with Crippen LogP contribution in [0.25, 0.3) is 22.4 Å². The minimum atomic E-state index is -1.26. The van der Waals surface area contributed by atoms with Crippen LogP contribution in [0.4, 0.5) is 10.1 Å². The highest BCUT2D eigenvalue weighted by atomic mass is 19.1. The molecule has 294 valence electrons. The Morgan fingerprint density at radius 3 is 2.11 bits per heavy atom. The first-order chi connectivity index (χ1) is 26.3. The first-order valence-corrected chi connectivity index (χ1v) is 17.9. The highest BCUT2D eigenvalue weighted by Crippen LogP contribution is 2.42. The van der Waals surface area contributed by atoms with Crippen molar-refractivity contribution in [2.24, 2.45) is 0 Å². The fourth-order valence-corrected chi connectivity index (χ4v) is 6.38. The molecule has 16 heteroatoms. The molecule has 1 unspecified atom stereocenters. The molecule has 0 bridgehead atoms. The second-order valence-corrected chi connectivity index (χ2v) is 13.2. The highest BCUT2D eigenvalue weighted by molar-refractivity contribution is 6.12. The summed E-state index contributed by atoms with van der Waals surface area (Å²) in [7, 11) is 0. The van der Waals surface area contributed by atoms with Gasteiger partial charge in [-0.05, 0) is 85.5 Å². The number of rotatable bonds is 22. The second kappa shape index (κ2) is 20.5. The standard InChI is InChI=1S/C39H45FN4O11/c1-26(2)37-36(39(48)41-30-12-7-4-8-13-30)35(27-10-5-3-6-11-27)38(28-15-17-29(40)18-16-28)42(37)21-19-31(45)24-32(46)25-34(47)53-22-9-14-33(55-44(51)52)20-23-54-43(49)50/h3-8,10-13,15-18,26,31-33,45-46H,9,14,19-25H2,1-2H3,(H,41,48)/t31-,32-,33?/m1/s1. The summed E-state index contributed by atoms with van der Waals surface area (Å²) in [5, 5.41) is 43.8. The zero-order valence-corrected chi connectivity index (χ0v) is 30.5. The number of hydrogen-bond acceptors (Lipinski definition) is 11. The zero-order chi connectivity index (χ0) is 39.9. The van der Waals surface area contributed by atoms with Crippen molar-refractivity contribution < 1.29 is 48.8 Å². The lowest BCUT2D eigenvalue weighted by Crippen LogP contribution is -2.24. The largest absolute Gasteiger partial charge is 0.466 e. The van der Waals surface area contributed by atoms with E-state index in [2.05, 4.69) is 15.0 Å². The molecule has 55 heavy (non-hydrogen) atoms. The molecule has 0 aliphatic carbocycles. The van der Waals surface area contributed by atoms with Crippen molar-refractivity contribution in [2.75, 3.05) is 18.5 Å². The van der Waals surface area contributed by atoms with Crippen molar-refractivity contribution in [2.45, 2.75) is 83.1 Å². The van der Waals surface area contributed by atoms with Gasteiger partial charge in [0.15, 0.2) is 0 Å². The maximum absolute atomic E-state index is 14.2.